The highest BCUT2D eigenvalue weighted by atomic mass is 32.2. The number of nitrogens with one attached hydrogen (secondary N) is 1. The molecule has 1 amide bonds. The lowest BCUT2D eigenvalue weighted by Crippen LogP contribution is -2.27. The smallest absolute Gasteiger partial charge is 0.270 e. The number of nitrogens with two attached hydrogens (primary N) is 1. The number of rotatable bonds is 7. The van der Waals surface area contributed by atoms with Crippen molar-refractivity contribution in [3.8, 4) is 0 Å². The van der Waals surface area contributed by atoms with E-state index in [-0.39, 0.29) is 10.8 Å². The zero-order valence-corrected chi connectivity index (χ0v) is 15.9. The number of carbonyl (C=O) groups is 1. The molecule has 3 N–H and O–H groups in total. The van der Waals surface area contributed by atoms with Crippen LogP contribution in [-0.4, -0.2) is 30.3 Å². The van der Waals surface area contributed by atoms with E-state index < -0.39 is 10.0 Å². The van der Waals surface area contributed by atoms with Crippen molar-refractivity contribution in [2.24, 2.45) is 5.14 Å². The molecular weight excluding hydrogens is 364 g/mol. The largest absolute Gasteiger partial charge is 0.350 e. The van der Waals surface area contributed by atoms with Crippen LogP contribution in [-0.2, 0) is 22.9 Å². The van der Waals surface area contributed by atoms with Gasteiger partial charge in [0.2, 0.25) is 10.0 Å². The van der Waals surface area contributed by atoms with Gasteiger partial charge in [-0.05, 0) is 42.7 Å². The first-order valence-corrected chi connectivity index (χ1v) is 10.3. The van der Waals surface area contributed by atoms with Gasteiger partial charge in [-0.25, -0.2) is 18.5 Å². The number of imidazole rings is 1. The molecule has 1 aromatic carbocycles. The molecule has 0 aliphatic heterocycles. The molecule has 0 saturated heterocycles. The average molecular weight is 386 g/mol. The molecule has 0 saturated carbocycles. The van der Waals surface area contributed by atoms with Gasteiger partial charge in [-0.3, -0.25) is 9.20 Å². The van der Waals surface area contributed by atoms with Crippen molar-refractivity contribution in [2.75, 3.05) is 6.54 Å². The van der Waals surface area contributed by atoms with E-state index in [0.717, 1.165) is 29.7 Å². The molecule has 0 atom stereocenters. The van der Waals surface area contributed by atoms with Crippen LogP contribution in [0.15, 0.2) is 53.6 Å². The SMILES string of the molecule is CCCc1nc2ccccn2c1C(=O)NCCc1ccc(S(N)(=O)=O)cc1. The maximum Gasteiger partial charge on any atom is 0.270 e. The number of carbonyl (C=O) groups excluding carboxylic acids is 1. The number of amides is 1. The van der Waals surface area contributed by atoms with Gasteiger partial charge in [0, 0.05) is 12.7 Å². The van der Waals surface area contributed by atoms with Gasteiger partial charge in [0.15, 0.2) is 0 Å². The molecule has 7 nitrogen and oxygen atoms in total. The molecule has 0 radical (unpaired) electrons. The van der Waals surface area contributed by atoms with Crippen molar-refractivity contribution in [3.05, 3.63) is 65.6 Å². The number of nitrogens with zero attached hydrogens (tertiary/aromatic N) is 2. The highest BCUT2D eigenvalue weighted by molar-refractivity contribution is 7.89. The van der Waals surface area contributed by atoms with E-state index >= 15 is 0 Å². The molecule has 8 heteroatoms. The van der Waals surface area contributed by atoms with Crippen LogP contribution < -0.4 is 10.5 Å². The Morgan fingerprint density at radius 1 is 1.15 bits per heavy atom. The molecule has 0 spiro atoms. The first-order chi connectivity index (χ1) is 12.9. The highest BCUT2D eigenvalue weighted by Gasteiger charge is 2.18. The Morgan fingerprint density at radius 3 is 2.56 bits per heavy atom. The second-order valence-corrected chi connectivity index (χ2v) is 7.84. The maximum absolute atomic E-state index is 12.7. The molecule has 142 valence electrons. The minimum atomic E-state index is -3.69. The van der Waals surface area contributed by atoms with Gasteiger partial charge >= 0.3 is 0 Å². The summed E-state index contributed by atoms with van der Waals surface area (Å²) in [4.78, 5) is 17.4. The minimum Gasteiger partial charge on any atom is -0.350 e. The Balaban J connectivity index is 1.69. The van der Waals surface area contributed by atoms with Crippen molar-refractivity contribution < 1.29 is 13.2 Å². The van der Waals surface area contributed by atoms with Gasteiger partial charge in [-0.2, -0.15) is 0 Å². The molecule has 0 aliphatic carbocycles. The van der Waals surface area contributed by atoms with Crippen LogP contribution in [0.2, 0.25) is 0 Å². The Labute approximate surface area is 158 Å². The molecule has 3 rings (SSSR count). The molecule has 27 heavy (non-hydrogen) atoms. The molecule has 0 aliphatic rings. The van der Waals surface area contributed by atoms with Gasteiger partial charge in [-0.15, -0.1) is 0 Å². The quantitative estimate of drug-likeness (QED) is 0.647. The fourth-order valence-corrected chi connectivity index (χ4v) is 3.46. The predicted molar refractivity (Wildman–Crippen MR) is 103 cm³/mol. The number of sulfonamides is 1. The van der Waals surface area contributed by atoms with Crippen molar-refractivity contribution in [1.82, 2.24) is 14.7 Å². The second kappa shape index (κ2) is 7.89. The van der Waals surface area contributed by atoms with E-state index in [9.17, 15) is 13.2 Å². The standard InChI is InChI=1S/C19H22N4O3S/c1-2-5-16-18(23-13-4-3-6-17(23)22-16)19(24)21-12-11-14-7-9-15(10-8-14)27(20,25)26/h3-4,6-10,13H,2,5,11-12H2,1H3,(H,21,24)(H2,20,25,26). The summed E-state index contributed by atoms with van der Waals surface area (Å²) >= 11 is 0. The van der Waals surface area contributed by atoms with E-state index in [1.165, 1.54) is 12.1 Å². The first kappa shape index (κ1) is 19.1. The first-order valence-electron chi connectivity index (χ1n) is 8.76. The maximum atomic E-state index is 12.7. The average Bonchev–Trinajstić information content (AvgIpc) is 2.99. The van der Waals surface area contributed by atoms with Crippen LogP contribution in [0.3, 0.4) is 0 Å². The summed E-state index contributed by atoms with van der Waals surface area (Å²) in [6.07, 6.45) is 4.05. The Hall–Kier alpha value is -2.71. The van der Waals surface area contributed by atoms with E-state index in [1.54, 1.807) is 16.5 Å². The van der Waals surface area contributed by atoms with E-state index in [1.807, 2.05) is 24.4 Å². The van der Waals surface area contributed by atoms with Crippen LogP contribution in [0.1, 0.15) is 35.1 Å². The molecule has 0 unspecified atom stereocenters. The second-order valence-electron chi connectivity index (χ2n) is 6.28. The van der Waals surface area contributed by atoms with Gasteiger partial charge in [-0.1, -0.05) is 31.5 Å². The Morgan fingerprint density at radius 2 is 1.89 bits per heavy atom. The van der Waals surface area contributed by atoms with Crippen LogP contribution in [0.5, 0.6) is 0 Å². The lowest BCUT2D eigenvalue weighted by molar-refractivity contribution is 0.0947. The van der Waals surface area contributed by atoms with Crippen molar-refractivity contribution >= 4 is 21.6 Å². The lowest BCUT2D eigenvalue weighted by Gasteiger charge is -2.07. The van der Waals surface area contributed by atoms with Crippen LogP contribution in [0.4, 0.5) is 0 Å². The molecule has 3 aromatic rings. The molecule has 2 aromatic heterocycles. The molecule has 0 bridgehead atoms. The fraction of sp³-hybridized carbons (Fsp3) is 0.263. The highest BCUT2D eigenvalue weighted by Crippen LogP contribution is 2.15. The van der Waals surface area contributed by atoms with Gasteiger partial charge < -0.3 is 5.32 Å². The van der Waals surface area contributed by atoms with Gasteiger partial charge in [0.1, 0.15) is 11.3 Å². The number of primary sulfonamides is 1. The van der Waals surface area contributed by atoms with Gasteiger partial charge in [0.25, 0.3) is 5.91 Å². The third-order valence-corrected chi connectivity index (χ3v) is 5.18. The third kappa shape index (κ3) is 4.35. The summed E-state index contributed by atoms with van der Waals surface area (Å²) in [6, 6.07) is 12.0. The summed E-state index contributed by atoms with van der Waals surface area (Å²) in [5, 5.41) is 8.02. The van der Waals surface area contributed by atoms with Crippen molar-refractivity contribution in [1.29, 1.82) is 0 Å². The number of benzene rings is 1. The number of pyridine rings is 1. The van der Waals surface area contributed by atoms with E-state index in [4.69, 9.17) is 5.14 Å². The predicted octanol–water partition coefficient (Wildman–Crippen LogP) is 1.91. The summed E-state index contributed by atoms with van der Waals surface area (Å²) in [5.74, 6) is -0.168. The summed E-state index contributed by atoms with van der Waals surface area (Å²) in [6.45, 7) is 2.48. The van der Waals surface area contributed by atoms with Crippen LogP contribution in [0, 0.1) is 0 Å². The van der Waals surface area contributed by atoms with Gasteiger partial charge in [0.05, 0.1) is 10.6 Å². The zero-order valence-electron chi connectivity index (χ0n) is 15.1. The zero-order chi connectivity index (χ0) is 19.4. The monoisotopic (exact) mass is 386 g/mol. The van der Waals surface area contributed by atoms with Crippen LogP contribution in [0.25, 0.3) is 5.65 Å². The molecule has 2 heterocycles. The minimum absolute atomic E-state index is 0.0743. The lowest BCUT2D eigenvalue weighted by atomic mass is 10.1. The normalized spacial score (nSPS) is 11.6. The summed E-state index contributed by atoms with van der Waals surface area (Å²) in [7, 11) is -3.69. The van der Waals surface area contributed by atoms with E-state index in [2.05, 4.69) is 17.2 Å². The third-order valence-electron chi connectivity index (χ3n) is 4.26. The topological polar surface area (TPSA) is 107 Å². The summed E-state index contributed by atoms with van der Waals surface area (Å²) in [5.41, 5.74) is 3.02. The van der Waals surface area contributed by atoms with E-state index in [0.29, 0.717) is 18.7 Å². The number of hydrogen-bond acceptors (Lipinski definition) is 4. The Kier molecular flexibility index (Phi) is 5.57. The van der Waals surface area contributed by atoms with Crippen molar-refractivity contribution in [2.45, 2.75) is 31.1 Å². The number of aromatic nitrogens is 2. The number of fused-ring (bicyclic) bond motifs is 1. The summed E-state index contributed by atoms with van der Waals surface area (Å²) < 4.78 is 24.4. The van der Waals surface area contributed by atoms with Crippen molar-refractivity contribution in [3.63, 3.8) is 0 Å². The fourth-order valence-electron chi connectivity index (χ4n) is 2.95. The number of hydrogen-bond donors (Lipinski definition) is 2. The molecule has 0 fully saturated rings. The van der Waals surface area contributed by atoms with Crippen LogP contribution >= 0.6 is 0 Å². The Bertz CT molecular complexity index is 1060. The number of aryl methyl sites for hydroxylation is 1. The molecular formula is C19H22N4O3S.